The minimum absolute atomic E-state index is 0.141. The molecule has 2 amide bonds. The van der Waals surface area contributed by atoms with E-state index in [1.54, 1.807) is 67.8 Å². The van der Waals surface area contributed by atoms with Gasteiger partial charge in [-0.2, -0.15) is 0 Å². The second-order valence-corrected chi connectivity index (χ2v) is 8.98. The van der Waals surface area contributed by atoms with Gasteiger partial charge in [-0.25, -0.2) is 9.59 Å². The molecule has 4 aromatic rings. The third-order valence-corrected chi connectivity index (χ3v) is 6.08. The Morgan fingerprint density at radius 1 is 0.711 bits per heavy atom. The Kier molecular flexibility index (Phi) is 8.73. The number of amides is 2. The topological polar surface area (TPSA) is 85.9 Å². The van der Waals surface area contributed by atoms with Crippen LogP contribution in [0.25, 0.3) is 0 Å². The van der Waals surface area contributed by atoms with Crippen molar-refractivity contribution in [2.45, 2.75) is 6.10 Å². The fourth-order valence-electron chi connectivity index (χ4n) is 3.68. The molecule has 0 spiro atoms. The molecular formula is C29H24Cl2N2O5. The summed E-state index contributed by atoms with van der Waals surface area (Å²) < 4.78 is 16.5. The minimum atomic E-state index is -0.620. The molecule has 7 nitrogen and oxygen atoms in total. The van der Waals surface area contributed by atoms with Gasteiger partial charge in [0.1, 0.15) is 23.2 Å². The summed E-state index contributed by atoms with van der Waals surface area (Å²) in [7, 11) is 2.84. The van der Waals surface area contributed by atoms with E-state index in [4.69, 9.17) is 37.4 Å². The average Bonchev–Trinajstić information content (AvgIpc) is 2.93. The van der Waals surface area contributed by atoms with E-state index in [1.807, 2.05) is 24.3 Å². The molecule has 38 heavy (non-hydrogen) atoms. The molecule has 0 aliphatic rings. The predicted molar refractivity (Wildman–Crippen MR) is 149 cm³/mol. The Balaban J connectivity index is 1.60. The van der Waals surface area contributed by atoms with Gasteiger partial charge in [0.15, 0.2) is 0 Å². The summed E-state index contributed by atoms with van der Waals surface area (Å²) in [6.07, 6.45) is -0.579. The highest BCUT2D eigenvalue weighted by molar-refractivity contribution is 6.30. The fourth-order valence-corrected chi connectivity index (χ4v) is 3.93. The van der Waals surface area contributed by atoms with Gasteiger partial charge in [-0.15, -0.1) is 0 Å². The Morgan fingerprint density at radius 3 is 1.76 bits per heavy atom. The number of halogens is 2. The van der Waals surface area contributed by atoms with Crippen molar-refractivity contribution in [3.63, 3.8) is 0 Å². The Labute approximate surface area is 230 Å². The number of anilines is 2. The maximum atomic E-state index is 12.7. The molecule has 0 atom stereocenters. The molecule has 0 aliphatic carbocycles. The van der Waals surface area contributed by atoms with Crippen molar-refractivity contribution < 1.29 is 23.8 Å². The number of ether oxygens (including phenoxy) is 3. The third kappa shape index (κ3) is 6.76. The first-order valence-electron chi connectivity index (χ1n) is 11.5. The number of carbonyl (C=O) groups excluding carboxylic acids is 2. The number of nitrogens with one attached hydrogen (secondary N) is 2. The van der Waals surface area contributed by atoms with Crippen LogP contribution in [0.4, 0.5) is 16.2 Å². The van der Waals surface area contributed by atoms with Crippen LogP contribution in [0.5, 0.6) is 11.5 Å². The van der Waals surface area contributed by atoms with Crippen LogP contribution < -0.4 is 20.1 Å². The molecule has 0 radical (unpaired) electrons. The number of methoxy groups -OCH3 is 2. The lowest BCUT2D eigenvalue weighted by molar-refractivity contribution is 0.0594. The fraction of sp³-hybridized carbons (Fsp3) is 0.103. The average molecular weight is 551 g/mol. The molecule has 0 heterocycles. The van der Waals surface area contributed by atoms with Crippen LogP contribution in [0.15, 0.2) is 91.0 Å². The first-order chi connectivity index (χ1) is 18.4. The Hall–Kier alpha value is -4.20. The van der Waals surface area contributed by atoms with E-state index in [0.717, 1.165) is 11.1 Å². The van der Waals surface area contributed by atoms with Gasteiger partial charge in [-0.1, -0.05) is 47.5 Å². The van der Waals surface area contributed by atoms with Gasteiger partial charge in [-0.05, 0) is 77.9 Å². The summed E-state index contributed by atoms with van der Waals surface area (Å²) in [5.74, 6) is 0.322. The van der Waals surface area contributed by atoms with Crippen molar-refractivity contribution >= 4 is 46.6 Å². The highest BCUT2D eigenvalue weighted by atomic mass is 35.5. The predicted octanol–water partition coefficient (Wildman–Crippen LogP) is 7.60. The maximum Gasteiger partial charge on any atom is 0.341 e. The third-order valence-electron chi connectivity index (χ3n) is 5.58. The lowest BCUT2D eigenvalue weighted by Gasteiger charge is -2.22. The van der Waals surface area contributed by atoms with Gasteiger partial charge < -0.3 is 24.8 Å². The second-order valence-electron chi connectivity index (χ2n) is 8.11. The second kappa shape index (κ2) is 12.4. The summed E-state index contributed by atoms with van der Waals surface area (Å²) in [4.78, 5) is 25.2. The Bertz CT molecular complexity index is 1360. The molecule has 194 valence electrons. The van der Waals surface area contributed by atoms with E-state index < -0.39 is 18.1 Å². The Morgan fingerprint density at radius 2 is 1.24 bits per heavy atom. The van der Waals surface area contributed by atoms with Crippen LogP contribution >= 0.6 is 23.2 Å². The molecule has 0 unspecified atom stereocenters. The van der Waals surface area contributed by atoms with Crippen molar-refractivity contribution in [1.82, 2.24) is 0 Å². The highest BCUT2D eigenvalue weighted by Crippen LogP contribution is 2.33. The molecular weight excluding hydrogens is 527 g/mol. The summed E-state index contributed by atoms with van der Waals surface area (Å²) in [5, 5.41) is 6.62. The van der Waals surface area contributed by atoms with Gasteiger partial charge in [0.05, 0.1) is 14.2 Å². The molecule has 2 N–H and O–H groups in total. The zero-order chi connectivity index (χ0) is 27.1. The molecule has 0 fully saturated rings. The van der Waals surface area contributed by atoms with Crippen LogP contribution in [-0.2, 0) is 4.74 Å². The normalized spacial score (nSPS) is 10.6. The quantitative estimate of drug-likeness (QED) is 0.220. The molecule has 0 saturated carbocycles. The number of urea groups is 1. The van der Waals surface area contributed by atoms with Gasteiger partial charge in [0, 0.05) is 21.4 Å². The summed E-state index contributed by atoms with van der Waals surface area (Å²) in [5.41, 5.74) is 2.72. The van der Waals surface area contributed by atoms with Crippen molar-refractivity contribution in [2.24, 2.45) is 0 Å². The first kappa shape index (κ1) is 26.9. The smallest absolute Gasteiger partial charge is 0.341 e. The molecule has 0 bridgehead atoms. The molecule has 9 heteroatoms. The molecule has 4 rings (SSSR count). The number of hydrogen-bond acceptors (Lipinski definition) is 5. The van der Waals surface area contributed by atoms with E-state index >= 15 is 0 Å². The number of esters is 1. The number of hydrogen-bond donors (Lipinski definition) is 2. The minimum Gasteiger partial charge on any atom is -0.497 e. The van der Waals surface area contributed by atoms with E-state index in [2.05, 4.69) is 10.6 Å². The van der Waals surface area contributed by atoms with Crippen LogP contribution in [0, 0.1) is 0 Å². The van der Waals surface area contributed by atoms with Crippen LogP contribution in [0.1, 0.15) is 27.6 Å². The molecule has 0 saturated heterocycles. The number of benzene rings is 4. The van der Waals surface area contributed by atoms with Crippen molar-refractivity contribution in [2.75, 3.05) is 24.9 Å². The van der Waals surface area contributed by atoms with Crippen molar-refractivity contribution in [3.05, 3.63) is 118 Å². The van der Waals surface area contributed by atoms with Gasteiger partial charge >= 0.3 is 12.0 Å². The molecule has 0 aromatic heterocycles. The largest absolute Gasteiger partial charge is 0.497 e. The van der Waals surface area contributed by atoms with E-state index in [-0.39, 0.29) is 11.3 Å². The standard InChI is InChI=1S/C29H24Cl2N2O5/c1-36-24-14-11-22(12-15-24)32-29(35)33-23-13-16-26(25(17-23)28(34)37-2)38-27(18-3-7-20(30)8-4-18)19-5-9-21(31)10-6-19/h3-17,27H,1-2H3,(H2,32,33,35). The SMILES string of the molecule is COC(=O)c1cc(NC(=O)Nc2ccc(OC)cc2)ccc1OC(c1ccc(Cl)cc1)c1ccc(Cl)cc1. The summed E-state index contributed by atoms with van der Waals surface area (Å²) in [6, 6.07) is 25.6. The first-order valence-corrected chi connectivity index (χ1v) is 12.2. The number of carbonyl (C=O) groups is 2. The van der Waals surface area contributed by atoms with Crippen LogP contribution in [0.2, 0.25) is 10.0 Å². The zero-order valence-electron chi connectivity index (χ0n) is 20.5. The van der Waals surface area contributed by atoms with Gasteiger partial charge in [0.25, 0.3) is 0 Å². The van der Waals surface area contributed by atoms with Crippen LogP contribution in [0.3, 0.4) is 0 Å². The van der Waals surface area contributed by atoms with E-state index in [0.29, 0.717) is 27.2 Å². The monoisotopic (exact) mass is 550 g/mol. The highest BCUT2D eigenvalue weighted by Gasteiger charge is 2.22. The van der Waals surface area contributed by atoms with Gasteiger partial charge in [0.2, 0.25) is 0 Å². The maximum absolute atomic E-state index is 12.7. The summed E-state index contributed by atoms with van der Waals surface area (Å²) in [6.45, 7) is 0. The summed E-state index contributed by atoms with van der Waals surface area (Å²) >= 11 is 12.2. The number of rotatable bonds is 8. The van der Waals surface area contributed by atoms with Gasteiger partial charge in [-0.3, -0.25) is 0 Å². The van der Waals surface area contributed by atoms with Crippen molar-refractivity contribution in [1.29, 1.82) is 0 Å². The zero-order valence-corrected chi connectivity index (χ0v) is 22.0. The van der Waals surface area contributed by atoms with E-state index in [9.17, 15) is 9.59 Å². The van der Waals surface area contributed by atoms with Crippen LogP contribution in [-0.4, -0.2) is 26.2 Å². The lowest BCUT2D eigenvalue weighted by Crippen LogP contribution is -2.20. The van der Waals surface area contributed by atoms with Crippen molar-refractivity contribution in [3.8, 4) is 11.5 Å². The molecule has 0 aliphatic heterocycles. The van der Waals surface area contributed by atoms with E-state index in [1.165, 1.54) is 13.2 Å². The lowest BCUT2D eigenvalue weighted by atomic mass is 10.0. The molecule has 4 aromatic carbocycles.